The van der Waals surface area contributed by atoms with Crippen LogP contribution in [0.5, 0.6) is 0 Å². The van der Waals surface area contributed by atoms with Crippen LogP contribution in [0.3, 0.4) is 0 Å². The molecule has 0 aromatic heterocycles. The third-order valence-corrected chi connectivity index (χ3v) is 6.93. The zero-order valence-electron chi connectivity index (χ0n) is 15.7. The van der Waals surface area contributed by atoms with Crippen molar-refractivity contribution in [3.05, 3.63) is 64.1 Å². The number of rotatable bonds is 7. The minimum Gasteiger partial charge on any atom is -0.381 e. The highest BCUT2D eigenvalue weighted by Gasteiger charge is 2.41. The molecule has 0 atom stereocenters. The Labute approximate surface area is 180 Å². The van der Waals surface area contributed by atoms with E-state index < -0.39 is 15.4 Å². The first-order valence-electron chi connectivity index (χ1n) is 9.21. The number of ether oxygens (including phenoxy) is 1. The molecule has 156 valence electrons. The zero-order chi connectivity index (χ0) is 20.9. The van der Waals surface area contributed by atoms with Crippen LogP contribution >= 0.6 is 23.2 Å². The summed E-state index contributed by atoms with van der Waals surface area (Å²) in [6.07, 6.45) is 1.10. The molecule has 2 aromatic rings. The number of carbonyl (C=O) groups is 1. The first kappa shape index (κ1) is 22.1. The molecule has 1 heterocycles. The lowest BCUT2D eigenvalue weighted by Gasteiger charge is -2.36. The maximum Gasteiger partial charge on any atom is 0.240 e. The predicted molar refractivity (Wildman–Crippen MR) is 113 cm³/mol. The fourth-order valence-electron chi connectivity index (χ4n) is 3.38. The summed E-state index contributed by atoms with van der Waals surface area (Å²) in [5.41, 5.74) is 0.163. The molecule has 3 rings (SSSR count). The largest absolute Gasteiger partial charge is 0.381 e. The van der Waals surface area contributed by atoms with Crippen molar-refractivity contribution in [1.29, 1.82) is 0 Å². The fourth-order valence-corrected chi connectivity index (χ4v) is 4.84. The van der Waals surface area contributed by atoms with Gasteiger partial charge in [-0.3, -0.25) is 4.79 Å². The topological polar surface area (TPSA) is 84.5 Å². The summed E-state index contributed by atoms with van der Waals surface area (Å²) in [6.45, 7) is 1.19. The molecule has 1 fully saturated rings. The Kier molecular flexibility index (Phi) is 7.19. The summed E-state index contributed by atoms with van der Waals surface area (Å²) in [5, 5.41) is 3.80. The van der Waals surface area contributed by atoms with Gasteiger partial charge in [0.25, 0.3) is 0 Å². The van der Waals surface area contributed by atoms with Gasteiger partial charge < -0.3 is 10.1 Å². The molecule has 0 spiro atoms. The molecule has 29 heavy (non-hydrogen) atoms. The van der Waals surface area contributed by atoms with Crippen molar-refractivity contribution in [2.75, 3.05) is 26.3 Å². The van der Waals surface area contributed by atoms with Gasteiger partial charge in [-0.15, -0.1) is 0 Å². The van der Waals surface area contributed by atoms with Gasteiger partial charge in [0.1, 0.15) is 0 Å². The molecular weight excluding hydrogens is 435 g/mol. The summed E-state index contributed by atoms with van der Waals surface area (Å²) in [4.78, 5) is 13.1. The minimum atomic E-state index is -3.70. The standard InChI is InChI=1S/C20H22Cl2N2O4S/c21-16-6-4-15(5-7-16)20(8-12-28-13-9-20)19(25)23-10-11-24-29(26,27)18-3-1-2-17(22)14-18/h1-7,14,24H,8-13H2,(H,23,25). The fraction of sp³-hybridized carbons (Fsp3) is 0.350. The van der Waals surface area contributed by atoms with Crippen molar-refractivity contribution in [1.82, 2.24) is 10.0 Å². The quantitative estimate of drug-likeness (QED) is 0.626. The normalized spacial score (nSPS) is 16.3. The van der Waals surface area contributed by atoms with Gasteiger partial charge in [-0.2, -0.15) is 0 Å². The molecule has 0 saturated carbocycles. The van der Waals surface area contributed by atoms with Crippen LogP contribution in [-0.2, 0) is 25.0 Å². The lowest BCUT2D eigenvalue weighted by atomic mass is 9.73. The van der Waals surface area contributed by atoms with E-state index in [-0.39, 0.29) is 23.9 Å². The predicted octanol–water partition coefficient (Wildman–Crippen LogP) is 3.14. The Hall–Kier alpha value is -1.64. The van der Waals surface area contributed by atoms with E-state index >= 15 is 0 Å². The molecule has 1 aliphatic rings. The lowest BCUT2D eigenvalue weighted by molar-refractivity contribution is -0.130. The van der Waals surface area contributed by atoms with E-state index in [1.807, 2.05) is 12.1 Å². The van der Waals surface area contributed by atoms with Crippen LogP contribution in [0.1, 0.15) is 18.4 Å². The summed E-state index contributed by atoms with van der Waals surface area (Å²) in [5.74, 6) is -0.148. The minimum absolute atomic E-state index is 0.0633. The number of sulfonamides is 1. The Morgan fingerprint density at radius 1 is 1.00 bits per heavy atom. The van der Waals surface area contributed by atoms with E-state index in [2.05, 4.69) is 10.0 Å². The molecule has 1 aliphatic heterocycles. The highest BCUT2D eigenvalue weighted by Crippen LogP contribution is 2.35. The third-order valence-electron chi connectivity index (χ3n) is 4.99. The summed E-state index contributed by atoms with van der Waals surface area (Å²) in [7, 11) is -3.70. The summed E-state index contributed by atoms with van der Waals surface area (Å²) in [6, 6.07) is 13.3. The molecular formula is C20H22Cl2N2O4S. The van der Waals surface area contributed by atoms with Gasteiger partial charge in [0.2, 0.25) is 15.9 Å². The number of nitrogens with one attached hydrogen (secondary N) is 2. The molecule has 0 radical (unpaired) electrons. The maximum atomic E-state index is 13.1. The van der Waals surface area contributed by atoms with E-state index in [0.29, 0.717) is 36.1 Å². The number of hydrogen-bond acceptors (Lipinski definition) is 4. The van der Waals surface area contributed by atoms with Gasteiger partial charge in [-0.05, 0) is 48.7 Å². The van der Waals surface area contributed by atoms with Crippen LogP contribution in [0, 0.1) is 0 Å². The van der Waals surface area contributed by atoms with Gasteiger partial charge in [-0.1, -0.05) is 41.4 Å². The van der Waals surface area contributed by atoms with Crippen LogP contribution in [0.4, 0.5) is 0 Å². The number of amides is 1. The molecule has 0 unspecified atom stereocenters. The van der Waals surface area contributed by atoms with Crippen LogP contribution in [0.2, 0.25) is 10.0 Å². The molecule has 2 N–H and O–H groups in total. The monoisotopic (exact) mass is 456 g/mol. The van der Waals surface area contributed by atoms with Crippen molar-refractivity contribution >= 4 is 39.1 Å². The maximum absolute atomic E-state index is 13.1. The third kappa shape index (κ3) is 5.29. The SMILES string of the molecule is O=C(NCCNS(=O)(=O)c1cccc(Cl)c1)C1(c2ccc(Cl)cc2)CCOCC1. The van der Waals surface area contributed by atoms with E-state index in [1.54, 1.807) is 24.3 Å². The Bertz CT molecular complexity index is 959. The van der Waals surface area contributed by atoms with Crippen LogP contribution in [-0.4, -0.2) is 40.6 Å². The second-order valence-electron chi connectivity index (χ2n) is 6.81. The van der Waals surface area contributed by atoms with Gasteiger partial charge in [0.15, 0.2) is 0 Å². The smallest absolute Gasteiger partial charge is 0.240 e. The van der Waals surface area contributed by atoms with Crippen LogP contribution in [0.25, 0.3) is 0 Å². The Morgan fingerprint density at radius 3 is 2.34 bits per heavy atom. The van der Waals surface area contributed by atoms with Gasteiger partial charge in [0.05, 0.1) is 10.3 Å². The first-order chi connectivity index (χ1) is 13.8. The molecule has 9 heteroatoms. The lowest BCUT2D eigenvalue weighted by Crippen LogP contribution is -2.49. The average Bonchev–Trinajstić information content (AvgIpc) is 2.72. The zero-order valence-corrected chi connectivity index (χ0v) is 18.0. The van der Waals surface area contributed by atoms with E-state index in [0.717, 1.165) is 5.56 Å². The van der Waals surface area contributed by atoms with Gasteiger partial charge in [-0.25, -0.2) is 13.1 Å². The van der Waals surface area contributed by atoms with Gasteiger partial charge in [0, 0.05) is 36.3 Å². The highest BCUT2D eigenvalue weighted by atomic mass is 35.5. The first-order valence-corrected chi connectivity index (χ1v) is 11.4. The summed E-state index contributed by atoms with van der Waals surface area (Å²) >= 11 is 11.8. The second kappa shape index (κ2) is 9.45. The molecule has 1 saturated heterocycles. The van der Waals surface area contributed by atoms with Crippen molar-refractivity contribution in [3.63, 3.8) is 0 Å². The number of hydrogen-bond donors (Lipinski definition) is 2. The molecule has 0 aliphatic carbocycles. The van der Waals surface area contributed by atoms with Crippen LogP contribution in [0.15, 0.2) is 53.4 Å². The number of carbonyl (C=O) groups excluding carboxylic acids is 1. The second-order valence-corrected chi connectivity index (χ2v) is 9.45. The molecule has 0 bridgehead atoms. The average molecular weight is 457 g/mol. The summed E-state index contributed by atoms with van der Waals surface area (Å²) < 4.78 is 32.6. The van der Waals surface area contributed by atoms with E-state index in [4.69, 9.17) is 27.9 Å². The molecule has 2 aromatic carbocycles. The number of halogens is 2. The Balaban J connectivity index is 1.63. The van der Waals surface area contributed by atoms with E-state index in [1.165, 1.54) is 12.1 Å². The highest BCUT2D eigenvalue weighted by molar-refractivity contribution is 7.89. The van der Waals surface area contributed by atoms with Crippen LogP contribution < -0.4 is 10.0 Å². The number of benzene rings is 2. The van der Waals surface area contributed by atoms with Crippen molar-refractivity contribution in [2.45, 2.75) is 23.2 Å². The molecule has 6 nitrogen and oxygen atoms in total. The van der Waals surface area contributed by atoms with Crippen molar-refractivity contribution in [2.24, 2.45) is 0 Å². The van der Waals surface area contributed by atoms with Gasteiger partial charge >= 0.3 is 0 Å². The van der Waals surface area contributed by atoms with Crippen molar-refractivity contribution < 1.29 is 17.9 Å². The Morgan fingerprint density at radius 2 is 1.69 bits per heavy atom. The molecule has 1 amide bonds. The van der Waals surface area contributed by atoms with Crippen molar-refractivity contribution in [3.8, 4) is 0 Å². The van der Waals surface area contributed by atoms with E-state index in [9.17, 15) is 13.2 Å².